The van der Waals surface area contributed by atoms with Crippen molar-refractivity contribution in [3.05, 3.63) is 35.9 Å². The van der Waals surface area contributed by atoms with E-state index in [1.807, 2.05) is 30.1 Å². The molecule has 0 spiro atoms. The van der Waals surface area contributed by atoms with Crippen LogP contribution in [0.5, 0.6) is 0 Å². The van der Waals surface area contributed by atoms with Gasteiger partial charge in [-0.25, -0.2) is 0 Å². The Bertz CT molecular complexity index is 422. The Balaban J connectivity index is 2.10. The molecular formula is C15H23N2O+. The zero-order chi connectivity index (χ0) is 13.3. The van der Waals surface area contributed by atoms with E-state index in [2.05, 4.69) is 38.2 Å². The Morgan fingerprint density at radius 3 is 2.33 bits per heavy atom. The van der Waals surface area contributed by atoms with E-state index in [9.17, 15) is 4.79 Å². The highest BCUT2D eigenvalue weighted by molar-refractivity contribution is 5.82. The lowest BCUT2D eigenvalue weighted by Gasteiger charge is -2.28. The molecule has 98 valence electrons. The summed E-state index contributed by atoms with van der Waals surface area (Å²) < 4.78 is 0. The molecule has 1 saturated heterocycles. The lowest BCUT2D eigenvalue weighted by Crippen LogP contribution is -2.95. The van der Waals surface area contributed by atoms with Crippen molar-refractivity contribution >= 4 is 5.91 Å². The minimum atomic E-state index is 0.0293. The quantitative estimate of drug-likeness (QED) is 0.832. The molecule has 3 heteroatoms. The summed E-state index contributed by atoms with van der Waals surface area (Å²) in [7, 11) is 1.92. The maximum Gasteiger partial charge on any atom is 0.285 e. The van der Waals surface area contributed by atoms with Gasteiger partial charge in [-0.3, -0.25) is 9.69 Å². The third kappa shape index (κ3) is 2.56. The van der Waals surface area contributed by atoms with E-state index >= 15 is 0 Å². The molecule has 2 N–H and O–H groups in total. The van der Waals surface area contributed by atoms with Gasteiger partial charge in [-0.05, 0) is 5.56 Å². The molecule has 0 aromatic heterocycles. The number of nitrogens with zero attached hydrogens (tertiary/aromatic N) is 1. The number of rotatable bonds is 2. The van der Waals surface area contributed by atoms with Crippen LogP contribution in [0.15, 0.2) is 30.3 Å². The van der Waals surface area contributed by atoms with Crippen molar-refractivity contribution in [2.75, 3.05) is 7.05 Å². The molecule has 1 aromatic rings. The monoisotopic (exact) mass is 247 g/mol. The smallest absolute Gasteiger partial charge is 0.285 e. The van der Waals surface area contributed by atoms with E-state index in [4.69, 9.17) is 0 Å². The van der Waals surface area contributed by atoms with Crippen LogP contribution in [0.4, 0.5) is 0 Å². The van der Waals surface area contributed by atoms with Crippen molar-refractivity contribution in [2.45, 2.75) is 39.4 Å². The van der Waals surface area contributed by atoms with Crippen molar-refractivity contribution in [1.29, 1.82) is 0 Å². The van der Waals surface area contributed by atoms with Crippen LogP contribution < -0.4 is 5.32 Å². The third-order valence-electron chi connectivity index (χ3n) is 3.68. The van der Waals surface area contributed by atoms with Crippen molar-refractivity contribution in [2.24, 2.45) is 5.41 Å². The van der Waals surface area contributed by atoms with Gasteiger partial charge in [-0.2, -0.15) is 0 Å². The number of amides is 1. The Hall–Kier alpha value is -1.35. The van der Waals surface area contributed by atoms with Crippen molar-refractivity contribution in [1.82, 2.24) is 4.90 Å². The van der Waals surface area contributed by atoms with Crippen LogP contribution in [0, 0.1) is 5.41 Å². The van der Waals surface area contributed by atoms with Crippen molar-refractivity contribution in [3.8, 4) is 0 Å². The molecule has 1 heterocycles. The van der Waals surface area contributed by atoms with E-state index in [1.165, 1.54) is 5.56 Å². The summed E-state index contributed by atoms with van der Waals surface area (Å²) in [5.41, 5.74) is 1.34. The predicted octanol–water partition coefficient (Wildman–Crippen LogP) is 1.01. The van der Waals surface area contributed by atoms with E-state index < -0.39 is 0 Å². The fourth-order valence-electron chi connectivity index (χ4n) is 2.72. The number of hydrogen-bond acceptors (Lipinski definition) is 1. The van der Waals surface area contributed by atoms with Crippen LogP contribution in [0.25, 0.3) is 0 Å². The summed E-state index contributed by atoms with van der Waals surface area (Å²) in [4.78, 5) is 14.2. The van der Waals surface area contributed by atoms with Crippen LogP contribution in [0.2, 0.25) is 0 Å². The summed E-state index contributed by atoms with van der Waals surface area (Å²) in [6, 6.07) is 10.3. The van der Waals surface area contributed by atoms with Gasteiger partial charge >= 0.3 is 0 Å². The number of quaternary nitrogens is 1. The SMILES string of the molecule is CN1C(=O)[C@H](Cc2ccccc2)[NH2+]C1C(C)(C)C. The highest BCUT2D eigenvalue weighted by atomic mass is 16.2. The van der Waals surface area contributed by atoms with Gasteiger partial charge in [-0.1, -0.05) is 51.1 Å². The normalized spacial score (nSPS) is 24.7. The molecule has 1 aromatic carbocycles. The first-order chi connectivity index (χ1) is 8.39. The highest BCUT2D eigenvalue weighted by Crippen LogP contribution is 2.22. The highest BCUT2D eigenvalue weighted by Gasteiger charge is 2.46. The number of benzene rings is 1. The second kappa shape index (κ2) is 4.73. The maximum absolute atomic E-state index is 12.3. The molecule has 1 aliphatic heterocycles. The molecule has 1 unspecified atom stereocenters. The molecule has 0 saturated carbocycles. The van der Waals surface area contributed by atoms with Gasteiger partial charge in [0.2, 0.25) is 0 Å². The summed E-state index contributed by atoms with van der Waals surface area (Å²) >= 11 is 0. The third-order valence-corrected chi connectivity index (χ3v) is 3.68. The Labute approximate surface area is 109 Å². The fourth-order valence-corrected chi connectivity index (χ4v) is 2.72. The number of carbonyl (C=O) groups is 1. The molecular weight excluding hydrogens is 224 g/mol. The Kier molecular flexibility index (Phi) is 3.44. The van der Waals surface area contributed by atoms with Crippen molar-refractivity contribution in [3.63, 3.8) is 0 Å². The van der Waals surface area contributed by atoms with Gasteiger partial charge in [0, 0.05) is 18.9 Å². The lowest BCUT2D eigenvalue weighted by molar-refractivity contribution is -0.717. The number of nitrogens with two attached hydrogens (primary N) is 1. The van der Waals surface area contributed by atoms with Crippen LogP contribution in [0.1, 0.15) is 26.3 Å². The number of hydrogen-bond donors (Lipinski definition) is 1. The summed E-state index contributed by atoms with van der Waals surface area (Å²) in [5, 5.41) is 2.22. The zero-order valence-electron chi connectivity index (χ0n) is 11.7. The summed E-state index contributed by atoms with van der Waals surface area (Å²) in [6.45, 7) is 6.55. The number of carbonyl (C=O) groups excluding carboxylic acids is 1. The van der Waals surface area contributed by atoms with Crippen LogP contribution in [-0.4, -0.2) is 30.1 Å². The average molecular weight is 247 g/mol. The molecule has 2 rings (SSSR count). The van der Waals surface area contributed by atoms with Gasteiger partial charge < -0.3 is 5.32 Å². The van der Waals surface area contributed by atoms with E-state index in [0.29, 0.717) is 0 Å². The topological polar surface area (TPSA) is 36.9 Å². The van der Waals surface area contributed by atoms with Crippen LogP contribution in [0.3, 0.4) is 0 Å². The Morgan fingerprint density at radius 1 is 1.22 bits per heavy atom. The number of likely N-dealkylation sites (N-methyl/N-ethyl adjacent to an activating group) is 1. The van der Waals surface area contributed by atoms with Crippen LogP contribution in [-0.2, 0) is 11.2 Å². The standard InChI is InChI=1S/C15H22N2O/c1-15(2,3)14-16-12(13(18)17(14)4)10-11-8-6-5-7-9-11/h5-9,12,14,16H,10H2,1-4H3/p+1/t12-,14?/m0/s1. The van der Waals surface area contributed by atoms with Crippen LogP contribution >= 0.6 is 0 Å². The summed E-state index contributed by atoms with van der Waals surface area (Å²) in [6.07, 6.45) is 1.05. The van der Waals surface area contributed by atoms with Gasteiger partial charge in [-0.15, -0.1) is 0 Å². The van der Waals surface area contributed by atoms with Gasteiger partial charge in [0.25, 0.3) is 5.91 Å². The zero-order valence-corrected chi connectivity index (χ0v) is 11.7. The van der Waals surface area contributed by atoms with Gasteiger partial charge in [0.15, 0.2) is 12.2 Å². The molecule has 3 nitrogen and oxygen atoms in total. The molecule has 0 aliphatic carbocycles. The molecule has 2 atom stereocenters. The second-order valence-electron chi connectivity index (χ2n) is 6.25. The second-order valence-corrected chi connectivity index (χ2v) is 6.25. The first-order valence-electron chi connectivity index (χ1n) is 6.55. The van der Waals surface area contributed by atoms with Gasteiger partial charge in [0.05, 0.1) is 0 Å². The van der Waals surface area contributed by atoms with E-state index in [1.54, 1.807) is 0 Å². The first-order valence-corrected chi connectivity index (χ1v) is 6.55. The minimum absolute atomic E-state index is 0.0293. The molecule has 1 amide bonds. The molecule has 1 aliphatic rings. The largest absolute Gasteiger partial charge is 0.316 e. The molecule has 18 heavy (non-hydrogen) atoms. The molecule has 1 fully saturated rings. The maximum atomic E-state index is 12.3. The van der Waals surface area contributed by atoms with E-state index in [-0.39, 0.29) is 23.5 Å². The van der Waals surface area contributed by atoms with Gasteiger partial charge in [0.1, 0.15) is 0 Å². The first kappa shape index (κ1) is 13.1. The van der Waals surface area contributed by atoms with Crippen molar-refractivity contribution < 1.29 is 10.1 Å². The summed E-state index contributed by atoms with van der Waals surface area (Å²) in [5.74, 6) is 0.249. The molecule has 0 radical (unpaired) electrons. The predicted molar refractivity (Wildman–Crippen MR) is 71.9 cm³/mol. The fraction of sp³-hybridized carbons (Fsp3) is 0.533. The molecule has 0 bridgehead atoms. The average Bonchev–Trinajstić information content (AvgIpc) is 2.58. The lowest BCUT2D eigenvalue weighted by atomic mass is 9.92. The minimum Gasteiger partial charge on any atom is -0.316 e. The van der Waals surface area contributed by atoms with E-state index in [0.717, 1.165) is 6.42 Å². The Morgan fingerprint density at radius 2 is 1.83 bits per heavy atom.